The van der Waals surface area contributed by atoms with E-state index < -0.39 is 12.0 Å². The third-order valence-corrected chi connectivity index (χ3v) is 6.87. The van der Waals surface area contributed by atoms with Crippen LogP contribution in [0.25, 0.3) is 11.0 Å². The van der Waals surface area contributed by atoms with Crippen LogP contribution in [-0.2, 0) is 11.2 Å². The lowest BCUT2D eigenvalue weighted by Gasteiger charge is -2.25. The first-order valence-electron chi connectivity index (χ1n) is 11.3. The number of carbonyl (C=O) groups is 2. The Kier molecular flexibility index (Phi) is 6.36. The zero-order chi connectivity index (χ0) is 25.4. The maximum Gasteiger partial charge on any atom is 0.337 e. The van der Waals surface area contributed by atoms with Crippen molar-refractivity contribution in [2.24, 2.45) is 0 Å². The van der Waals surface area contributed by atoms with Crippen LogP contribution in [-0.4, -0.2) is 37.5 Å². The van der Waals surface area contributed by atoms with Crippen molar-refractivity contribution in [1.82, 2.24) is 4.90 Å². The SMILES string of the molecule is COC(=O)c1ccc(C2c3c(oc4ccc(Br)cc4c3=O)C(=O)N2CCc2ccc(OC)cc2)cc1. The molecule has 2 heterocycles. The topological polar surface area (TPSA) is 86.0 Å². The second-order valence-electron chi connectivity index (χ2n) is 8.43. The zero-order valence-electron chi connectivity index (χ0n) is 19.6. The lowest BCUT2D eigenvalue weighted by molar-refractivity contribution is 0.0600. The molecule has 0 radical (unpaired) electrons. The van der Waals surface area contributed by atoms with E-state index >= 15 is 0 Å². The number of hydrogen-bond acceptors (Lipinski definition) is 6. The van der Waals surface area contributed by atoms with E-state index in [1.165, 1.54) is 7.11 Å². The minimum Gasteiger partial charge on any atom is -0.497 e. The van der Waals surface area contributed by atoms with E-state index in [0.717, 1.165) is 15.8 Å². The lowest BCUT2D eigenvalue weighted by Crippen LogP contribution is -2.31. The highest BCUT2D eigenvalue weighted by molar-refractivity contribution is 9.10. The van der Waals surface area contributed by atoms with Crippen LogP contribution in [0, 0.1) is 0 Å². The molecule has 1 atom stereocenters. The molecular formula is C28H22BrNO6. The fraction of sp³-hybridized carbons (Fsp3) is 0.179. The van der Waals surface area contributed by atoms with Gasteiger partial charge in [-0.1, -0.05) is 40.2 Å². The molecule has 182 valence electrons. The van der Waals surface area contributed by atoms with Crippen molar-refractivity contribution in [2.75, 3.05) is 20.8 Å². The Bertz CT molecular complexity index is 1530. The van der Waals surface area contributed by atoms with Gasteiger partial charge in [0.2, 0.25) is 5.76 Å². The molecule has 0 fully saturated rings. The van der Waals surface area contributed by atoms with Crippen LogP contribution in [0.15, 0.2) is 80.4 Å². The van der Waals surface area contributed by atoms with Crippen molar-refractivity contribution in [3.63, 3.8) is 0 Å². The Morgan fingerprint density at radius 2 is 1.72 bits per heavy atom. The maximum absolute atomic E-state index is 13.7. The minimum absolute atomic E-state index is 0.0478. The number of halogens is 1. The van der Waals surface area contributed by atoms with Gasteiger partial charge in [-0.3, -0.25) is 9.59 Å². The van der Waals surface area contributed by atoms with Crippen LogP contribution < -0.4 is 10.2 Å². The Hall–Kier alpha value is -3.91. The Morgan fingerprint density at radius 3 is 2.39 bits per heavy atom. The van der Waals surface area contributed by atoms with Crippen LogP contribution in [0.2, 0.25) is 0 Å². The van der Waals surface area contributed by atoms with E-state index in [2.05, 4.69) is 15.9 Å². The highest BCUT2D eigenvalue weighted by atomic mass is 79.9. The summed E-state index contributed by atoms with van der Waals surface area (Å²) in [6.45, 7) is 0.359. The van der Waals surface area contributed by atoms with E-state index in [1.54, 1.807) is 54.5 Å². The summed E-state index contributed by atoms with van der Waals surface area (Å²) in [5.74, 6) is -0.00938. The molecule has 0 saturated carbocycles. The van der Waals surface area contributed by atoms with Crippen LogP contribution in [0.5, 0.6) is 5.75 Å². The zero-order valence-corrected chi connectivity index (χ0v) is 21.2. The van der Waals surface area contributed by atoms with Crippen molar-refractivity contribution < 1.29 is 23.5 Å². The third kappa shape index (κ3) is 4.18. The van der Waals surface area contributed by atoms with Crippen molar-refractivity contribution in [2.45, 2.75) is 12.5 Å². The van der Waals surface area contributed by atoms with Gasteiger partial charge in [-0.15, -0.1) is 0 Å². The van der Waals surface area contributed by atoms with Gasteiger partial charge in [-0.05, 0) is 60.0 Å². The fourth-order valence-corrected chi connectivity index (χ4v) is 4.89. The van der Waals surface area contributed by atoms with Crippen molar-refractivity contribution in [3.05, 3.63) is 109 Å². The molecule has 0 N–H and O–H groups in total. The van der Waals surface area contributed by atoms with Crippen molar-refractivity contribution in [1.29, 1.82) is 0 Å². The van der Waals surface area contributed by atoms with Crippen molar-refractivity contribution in [3.8, 4) is 5.75 Å². The van der Waals surface area contributed by atoms with Crippen LogP contribution in [0.3, 0.4) is 0 Å². The number of fused-ring (bicyclic) bond motifs is 2. The Balaban J connectivity index is 1.59. The molecule has 0 aliphatic carbocycles. The quantitative estimate of drug-likeness (QED) is 0.311. The molecule has 1 amide bonds. The van der Waals surface area contributed by atoms with E-state index in [-0.39, 0.29) is 17.1 Å². The molecule has 0 bridgehead atoms. The molecule has 0 spiro atoms. The molecule has 3 aromatic carbocycles. The Labute approximate surface area is 215 Å². The van der Waals surface area contributed by atoms with Gasteiger partial charge in [0.05, 0.1) is 36.8 Å². The Morgan fingerprint density at radius 1 is 1.00 bits per heavy atom. The number of rotatable bonds is 6. The summed E-state index contributed by atoms with van der Waals surface area (Å²) in [6.07, 6.45) is 0.569. The molecule has 1 aliphatic heterocycles. The van der Waals surface area contributed by atoms with Crippen LogP contribution >= 0.6 is 15.9 Å². The molecule has 4 aromatic rings. The normalized spacial score (nSPS) is 14.7. The van der Waals surface area contributed by atoms with Crippen LogP contribution in [0.1, 0.15) is 43.6 Å². The monoisotopic (exact) mass is 547 g/mol. The van der Waals surface area contributed by atoms with Gasteiger partial charge >= 0.3 is 5.97 Å². The van der Waals surface area contributed by atoms with E-state index in [9.17, 15) is 14.4 Å². The summed E-state index contributed by atoms with van der Waals surface area (Å²) in [7, 11) is 2.93. The molecule has 0 saturated heterocycles. The molecule has 8 heteroatoms. The highest BCUT2D eigenvalue weighted by Gasteiger charge is 2.42. The van der Waals surface area contributed by atoms with Gasteiger partial charge in [-0.25, -0.2) is 4.79 Å². The van der Waals surface area contributed by atoms with Gasteiger partial charge < -0.3 is 18.8 Å². The van der Waals surface area contributed by atoms with Crippen LogP contribution in [0.4, 0.5) is 0 Å². The molecule has 1 aromatic heterocycles. The van der Waals surface area contributed by atoms with Crippen molar-refractivity contribution >= 4 is 38.8 Å². The smallest absolute Gasteiger partial charge is 0.337 e. The largest absolute Gasteiger partial charge is 0.497 e. The van der Waals surface area contributed by atoms with E-state index in [0.29, 0.717) is 40.6 Å². The third-order valence-electron chi connectivity index (χ3n) is 6.38. The van der Waals surface area contributed by atoms with Gasteiger partial charge in [0.25, 0.3) is 5.91 Å². The van der Waals surface area contributed by atoms with Gasteiger partial charge in [0.1, 0.15) is 11.3 Å². The number of hydrogen-bond donors (Lipinski definition) is 0. The van der Waals surface area contributed by atoms with Gasteiger partial charge in [-0.2, -0.15) is 0 Å². The number of nitrogens with zero attached hydrogens (tertiary/aromatic N) is 1. The minimum atomic E-state index is -0.655. The number of benzene rings is 3. The summed E-state index contributed by atoms with van der Waals surface area (Å²) in [5.41, 5.74) is 2.50. The molecule has 36 heavy (non-hydrogen) atoms. The van der Waals surface area contributed by atoms with E-state index in [4.69, 9.17) is 13.9 Å². The number of ether oxygens (including phenoxy) is 2. The first-order chi connectivity index (χ1) is 17.4. The second-order valence-corrected chi connectivity index (χ2v) is 9.34. The maximum atomic E-state index is 13.7. The number of carbonyl (C=O) groups excluding carboxylic acids is 2. The number of methoxy groups -OCH3 is 2. The molecular weight excluding hydrogens is 526 g/mol. The molecule has 1 unspecified atom stereocenters. The first kappa shape index (κ1) is 23.8. The number of amides is 1. The number of esters is 1. The molecule has 5 rings (SSSR count). The van der Waals surface area contributed by atoms with Gasteiger partial charge in [0.15, 0.2) is 5.43 Å². The molecule has 1 aliphatic rings. The standard InChI is InChI=1S/C28H22BrNO6/c1-34-20-10-3-16(4-11-20)13-14-30-24(17-5-7-18(8-6-17)28(33)35-2)23-25(31)21-15-19(29)9-12-22(21)36-26(23)27(30)32/h3-12,15,24H,13-14H2,1-2H3. The average Bonchev–Trinajstić information content (AvgIpc) is 3.19. The van der Waals surface area contributed by atoms with Gasteiger partial charge in [0, 0.05) is 11.0 Å². The summed E-state index contributed by atoms with van der Waals surface area (Å²) in [6, 6.07) is 18.9. The second kappa shape index (κ2) is 9.62. The summed E-state index contributed by atoms with van der Waals surface area (Å²) in [5, 5.41) is 0.393. The fourth-order valence-electron chi connectivity index (χ4n) is 4.53. The predicted octanol–water partition coefficient (Wildman–Crippen LogP) is 5.14. The lowest BCUT2D eigenvalue weighted by atomic mass is 9.97. The van der Waals surface area contributed by atoms with E-state index in [1.807, 2.05) is 24.3 Å². The summed E-state index contributed by atoms with van der Waals surface area (Å²) in [4.78, 5) is 40.8. The summed E-state index contributed by atoms with van der Waals surface area (Å²) >= 11 is 3.41. The average molecular weight is 548 g/mol. The molecule has 7 nitrogen and oxygen atoms in total. The summed E-state index contributed by atoms with van der Waals surface area (Å²) < 4.78 is 16.8. The highest BCUT2D eigenvalue weighted by Crippen LogP contribution is 2.38. The first-order valence-corrected chi connectivity index (χ1v) is 12.1. The predicted molar refractivity (Wildman–Crippen MR) is 138 cm³/mol.